The Labute approximate surface area is 106 Å². The molecule has 3 N–H and O–H groups in total. The third kappa shape index (κ3) is 3.07. The van der Waals surface area contributed by atoms with Gasteiger partial charge in [0.2, 0.25) is 17.7 Å². The first-order valence-electron chi connectivity index (χ1n) is 6.43. The predicted octanol–water partition coefficient (Wildman–Crippen LogP) is -0.704. The Bertz CT molecular complexity index is 370. The van der Waals surface area contributed by atoms with E-state index in [0.29, 0.717) is 12.3 Å². The fourth-order valence-electron chi connectivity index (χ4n) is 2.41. The van der Waals surface area contributed by atoms with Crippen LogP contribution in [0.1, 0.15) is 32.6 Å². The van der Waals surface area contributed by atoms with Gasteiger partial charge in [-0.15, -0.1) is 0 Å². The summed E-state index contributed by atoms with van der Waals surface area (Å²) in [6, 6.07) is -0.798. The van der Waals surface area contributed by atoms with Crippen molar-refractivity contribution in [2.24, 2.45) is 5.92 Å². The average Bonchev–Trinajstić information content (AvgIpc) is 2.32. The van der Waals surface area contributed by atoms with Crippen molar-refractivity contribution >= 4 is 17.7 Å². The van der Waals surface area contributed by atoms with Crippen LogP contribution in [0.25, 0.3) is 0 Å². The number of carbonyl (C=O) groups excluding carboxylic acids is 3. The summed E-state index contributed by atoms with van der Waals surface area (Å²) in [5, 5.41) is 8.10. The van der Waals surface area contributed by atoms with Gasteiger partial charge in [-0.25, -0.2) is 0 Å². The van der Waals surface area contributed by atoms with Crippen LogP contribution in [0.15, 0.2) is 0 Å². The van der Waals surface area contributed by atoms with Crippen LogP contribution in [0.5, 0.6) is 0 Å². The zero-order valence-electron chi connectivity index (χ0n) is 10.5. The first-order valence-corrected chi connectivity index (χ1v) is 6.43. The largest absolute Gasteiger partial charge is 0.343 e. The van der Waals surface area contributed by atoms with Crippen molar-refractivity contribution in [3.63, 3.8) is 0 Å². The van der Waals surface area contributed by atoms with Crippen molar-refractivity contribution in [2.75, 3.05) is 6.54 Å². The Morgan fingerprint density at radius 3 is 2.78 bits per heavy atom. The lowest BCUT2D eigenvalue weighted by atomic mass is 9.93. The molecule has 3 amide bonds. The minimum atomic E-state index is -0.575. The number of nitrogens with one attached hydrogen (secondary N) is 3. The molecular weight excluding hydrogens is 234 g/mol. The highest BCUT2D eigenvalue weighted by atomic mass is 16.2. The summed E-state index contributed by atoms with van der Waals surface area (Å²) < 4.78 is 0. The minimum Gasteiger partial charge on any atom is -0.343 e. The van der Waals surface area contributed by atoms with Gasteiger partial charge < -0.3 is 10.6 Å². The van der Waals surface area contributed by atoms with Gasteiger partial charge in [-0.1, -0.05) is 6.92 Å². The molecule has 2 aliphatic heterocycles. The molecule has 6 heteroatoms. The quantitative estimate of drug-likeness (QED) is 0.568. The van der Waals surface area contributed by atoms with Crippen molar-refractivity contribution in [1.29, 1.82) is 0 Å². The summed E-state index contributed by atoms with van der Waals surface area (Å²) in [6.45, 7) is 2.95. The second kappa shape index (κ2) is 5.48. The van der Waals surface area contributed by atoms with E-state index in [0.717, 1.165) is 19.4 Å². The number of hydrogen-bond donors (Lipinski definition) is 3. The van der Waals surface area contributed by atoms with Crippen LogP contribution in [0.3, 0.4) is 0 Å². The van der Waals surface area contributed by atoms with E-state index in [-0.39, 0.29) is 24.3 Å². The van der Waals surface area contributed by atoms with Gasteiger partial charge in [0.25, 0.3) is 0 Å². The summed E-state index contributed by atoms with van der Waals surface area (Å²) >= 11 is 0. The molecular formula is C12H19N3O3. The Morgan fingerprint density at radius 2 is 2.11 bits per heavy atom. The lowest BCUT2D eigenvalue weighted by molar-refractivity contribution is -0.137. The van der Waals surface area contributed by atoms with Gasteiger partial charge in [-0.3, -0.25) is 19.7 Å². The first kappa shape index (κ1) is 13.0. The molecule has 0 aromatic rings. The van der Waals surface area contributed by atoms with Crippen LogP contribution in [-0.4, -0.2) is 36.3 Å². The monoisotopic (exact) mass is 253 g/mol. The Kier molecular flexibility index (Phi) is 3.96. The fourth-order valence-corrected chi connectivity index (χ4v) is 2.41. The summed E-state index contributed by atoms with van der Waals surface area (Å²) in [4.78, 5) is 34.5. The Hall–Kier alpha value is -1.43. The maximum absolute atomic E-state index is 12.0. The Morgan fingerprint density at radius 1 is 1.33 bits per heavy atom. The molecule has 2 fully saturated rings. The maximum Gasteiger partial charge on any atom is 0.249 e. The minimum absolute atomic E-state index is 0.143. The second-order valence-corrected chi connectivity index (χ2v) is 5.15. The van der Waals surface area contributed by atoms with E-state index >= 15 is 0 Å². The summed E-state index contributed by atoms with van der Waals surface area (Å²) in [5.41, 5.74) is 0. The highest BCUT2D eigenvalue weighted by Crippen LogP contribution is 2.15. The third-order valence-electron chi connectivity index (χ3n) is 3.54. The van der Waals surface area contributed by atoms with Crippen LogP contribution in [-0.2, 0) is 14.4 Å². The molecule has 3 atom stereocenters. The van der Waals surface area contributed by atoms with Crippen molar-refractivity contribution in [2.45, 2.75) is 44.7 Å². The molecule has 0 aliphatic carbocycles. The van der Waals surface area contributed by atoms with Gasteiger partial charge in [-0.2, -0.15) is 0 Å². The number of carbonyl (C=O) groups is 3. The molecule has 18 heavy (non-hydrogen) atoms. The molecule has 0 aromatic heterocycles. The highest BCUT2D eigenvalue weighted by Gasteiger charge is 2.31. The smallest absolute Gasteiger partial charge is 0.249 e. The molecule has 2 saturated heterocycles. The lowest BCUT2D eigenvalue weighted by Gasteiger charge is -2.29. The molecule has 0 aromatic carbocycles. The van der Waals surface area contributed by atoms with Crippen LogP contribution in [0, 0.1) is 5.92 Å². The topological polar surface area (TPSA) is 87.3 Å². The van der Waals surface area contributed by atoms with Gasteiger partial charge in [0, 0.05) is 6.42 Å². The van der Waals surface area contributed by atoms with E-state index in [1.165, 1.54) is 0 Å². The third-order valence-corrected chi connectivity index (χ3v) is 3.54. The van der Waals surface area contributed by atoms with Crippen LogP contribution >= 0.6 is 0 Å². The standard InChI is InChI=1S/C12H19N3O3/c1-7-4-5-13-9(6-7)12(18)14-8-2-3-10(16)15-11(8)17/h7-9,13H,2-6H2,1H3,(H,14,18)(H,15,16,17). The van der Waals surface area contributed by atoms with Gasteiger partial charge in [0.05, 0.1) is 6.04 Å². The predicted molar refractivity (Wildman–Crippen MR) is 64.5 cm³/mol. The van der Waals surface area contributed by atoms with Gasteiger partial charge in [0.15, 0.2) is 0 Å². The molecule has 0 spiro atoms. The number of hydrogen-bond acceptors (Lipinski definition) is 4. The molecule has 0 radical (unpaired) electrons. The summed E-state index contributed by atoms with van der Waals surface area (Å²) in [6.07, 6.45) is 2.53. The van der Waals surface area contributed by atoms with Gasteiger partial charge in [-0.05, 0) is 31.7 Å². The molecule has 2 aliphatic rings. The maximum atomic E-state index is 12.0. The second-order valence-electron chi connectivity index (χ2n) is 5.15. The molecule has 100 valence electrons. The van der Waals surface area contributed by atoms with E-state index in [4.69, 9.17) is 0 Å². The molecule has 3 unspecified atom stereocenters. The summed E-state index contributed by atoms with van der Waals surface area (Å²) in [7, 11) is 0. The first-order chi connectivity index (χ1) is 8.56. The number of piperidine rings is 2. The van der Waals surface area contributed by atoms with Crippen LogP contribution in [0.4, 0.5) is 0 Å². The fraction of sp³-hybridized carbons (Fsp3) is 0.750. The van der Waals surface area contributed by atoms with E-state index < -0.39 is 11.9 Å². The molecule has 2 rings (SSSR count). The van der Waals surface area contributed by atoms with Crippen molar-refractivity contribution in [1.82, 2.24) is 16.0 Å². The van der Waals surface area contributed by atoms with Crippen LogP contribution in [0.2, 0.25) is 0 Å². The molecule has 0 bridgehead atoms. The summed E-state index contributed by atoms with van der Waals surface area (Å²) in [5.74, 6) is -0.293. The Balaban J connectivity index is 1.87. The lowest BCUT2D eigenvalue weighted by Crippen LogP contribution is -2.57. The molecule has 2 heterocycles. The highest BCUT2D eigenvalue weighted by molar-refractivity contribution is 6.02. The average molecular weight is 253 g/mol. The van der Waals surface area contributed by atoms with Crippen LogP contribution < -0.4 is 16.0 Å². The van der Waals surface area contributed by atoms with E-state index in [1.807, 2.05) is 0 Å². The number of imide groups is 1. The molecule has 6 nitrogen and oxygen atoms in total. The van der Waals surface area contributed by atoms with Gasteiger partial charge >= 0.3 is 0 Å². The number of rotatable bonds is 2. The van der Waals surface area contributed by atoms with E-state index in [1.54, 1.807) is 0 Å². The van der Waals surface area contributed by atoms with Crippen molar-refractivity contribution < 1.29 is 14.4 Å². The van der Waals surface area contributed by atoms with Crippen molar-refractivity contribution in [3.8, 4) is 0 Å². The zero-order valence-corrected chi connectivity index (χ0v) is 10.5. The SMILES string of the molecule is CC1CCNC(C(=O)NC2CCC(=O)NC2=O)C1. The molecule has 0 saturated carbocycles. The number of amides is 3. The normalized spacial score (nSPS) is 32.8. The van der Waals surface area contributed by atoms with Gasteiger partial charge in [0.1, 0.15) is 6.04 Å². The zero-order chi connectivity index (χ0) is 13.1. The van der Waals surface area contributed by atoms with Crippen molar-refractivity contribution in [3.05, 3.63) is 0 Å². The van der Waals surface area contributed by atoms with E-state index in [9.17, 15) is 14.4 Å². The van der Waals surface area contributed by atoms with E-state index in [2.05, 4.69) is 22.9 Å².